The van der Waals surface area contributed by atoms with Crippen molar-refractivity contribution in [3.05, 3.63) is 34.9 Å². The molecule has 0 bridgehead atoms. The molecule has 0 nitrogen and oxygen atoms in total. The average Bonchev–Trinajstić information content (AvgIpc) is 2.68. The van der Waals surface area contributed by atoms with Crippen molar-refractivity contribution in [2.24, 2.45) is 5.92 Å². The van der Waals surface area contributed by atoms with E-state index in [9.17, 15) is 0 Å². The molecule has 0 spiro atoms. The van der Waals surface area contributed by atoms with Gasteiger partial charge in [-0.3, -0.25) is 0 Å². The van der Waals surface area contributed by atoms with E-state index < -0.39 is 0 Å². The van der Waals surface area contributed by atoms with Crippen molar-refractivity contribution in [1.29, 1.82) is 0 Å². The van der Waals surface area contributed by atoms with Gasteiger partial charge in [-0.25, -0.2) is 0 Å². The van der Waals surface area contributed by atoms with Crippen molar-refractivity contribution in [1.82, 2.24) is 0 Å². The molecule has 0 amide bonds. The zero-order valence-electron chi connectivity index (χ0n) is 6.55. The van der Waals surface area contributed by atoms with Gasteiger partial charge in [-0.1, -0.05) is 36.7 Å². The van der Waals surface area contributed by atoms with E-state index >= 15 is 0 Å². The van der Waals surface area contributed by atoms with Gasteiger partial charge in [0.25, 0.3) is 0 Å². The number of hydrogen-bond donors (Lipinski definition) is 0. The number of hydrogen-bond acceptors (Lipinski definition) is 0. The Morgan fingerprint density at radius 1 is 1.36 bits per heavy atom. The molecular weight excluding hydrogens is 156 g/mol. The molecule has 0 saturated heterocycles. The van der Waals surface area contributed by atoms with Crippen molar-refractivity contribution >= 4 is 11.6 Å². The minimum absolute atomic E-state index is 0.740. The highest BCUT2D eigenvalue weighted by Crippen LogP contribution is 2.48. The highest BCUT2D eigenvalue weighted by molar-refractivity contribution is 6.31. The fraction of sp³-hybridized carbons (Fsp3) is 0.400. The molecule has 0 heterocycles. The molecule has 2 rings (SSSR count). The van der Waals surface area contributed by atoms with E-state index in [1.54, 1.807) is 0 Å². The van der Waals surface area contributed by atoms with E-state index in [-0.39, 0.29) is 0 Å². The topological polar surface area (TPSA) is 0 Å². The van der Waals surface area contributed by atoms with E-state index in [4.69, 9.17) is 11.6 Å². The summed E-state index contributed by atoms with van der Waals surface area (Å²) >= 11 is 6.02. The molecule has 1 fully saturated rings. The summed E-state index contributed by atoms with van der Waals surface area (Å²) in [6.45, 7) is 2.27. The largest absolute Gasteiger partial charge is 0.0840 e. The predicted molar refractivity (Wildman–Crippen MR) is 48.0 cm³/mol. The summed E-state index contributed by atoms with van der Waals surface area (Å²) < 4.78 is 0. The summed E-state index contributed by atoms with van der Waals surface area (Å²) in [5, 5.41) is 0.932. The molecule has 1 aliphatic rings. The molecule has 1 aromatic rings. The fourth-order valence-corrected chi connectivity index (χ4v) is 1.81. The first-order chi connectivity index (χ1) is 5.29. The Hall–Kier alpha value is -0.490. The zero-order valence-corrected chi connectivity index (χ0v) is 7.31. The zero-order chi connectivity index (χ0) is 7.84. The smallest absolute Gasteiger partial charge is 0.0440 e. The van der Waals surface area contributed by atoms with Crippen LogP contribution in [0.3, 0.4) is 0 Å². The van der Waals surface area contributed by atoms with Crippen LogP contribution in [0, 0.1) is 5.92 Å². The van der Waals surface area contributed by atoms with E-state index in [1.807, 2.05) is 12.1 Å². The summed E-state index contributed by atoms with van der Waals surface area (Å²) in [4.78, 5) is 0. The van der Waals surface area contributed by atoms with Crippen LogP contribution in [-0.4, -0.2) is 0 Å². The highest BCUT2D eigenvalue weighted by Gasteiger charge is 2.34. The van der Waals surface area contributed by atoms with Crippen LogP contribution in [0.1, 0.15) is 24.8 Å². The SMILES string of the molecule is CC1C[C@H]1c1ccccc1Cl. The van der Waals surface area contributed by atoms with Crippen molar-refractivity contribution < 1.29 is 0 Å². The summed E-state index contributed by atoms with van der Waals surface area (Å²) in [5.74, 6) is 1.58. The van der Waals surface area contributed by atoms with Crippen LogP contribution in [-0.2, 0) is 0 Å². The Morgan fingerprint density at radius 3 is 2.55 bits per heavy atom. The molecule has 1 saturated carbocycles. The summed E-state index contributed by atoms with van der Waals surface area (Å²) in [7, 11) is 0. The van der Waals surface area contributed by atoms with Crippen molar-refractivity contribution in [2.75, 3.05) is 0 Å². The van der Waals surface area contributed by atoms with Crippen molar-refractivity contribution in [3.8, 4) is 0 Å². The van der Waals surface area contributed by atoms with E-state index in [0.717, 1.165) is 16.9 Å². The van der Waals surface area contributed by atoms with E-state index in [2.05, 4.69) is 19.1 Å². The normalized spacial score (nSPS) is 28.5. The van der Waals surface area contributed by atoms with Crippen LogP contribution in [0.2, 0.25) is 5.02 Å². The van der Waals surface area contributed by atoms with Gasteiger partial charge in [0.2, 0.25) is 0 Å². The predicted octanol–water partition coefficient (Wildman–Crippen LogP) is 3.46. The molecule has 1 unspecified atom stereocenters. The fourth-order valence-electron chi connectivity index (χ4n) is 1.53. The summed E-state index contributed by atoms with van der Waals surface area (Å²) in [5.41, 5.74) is 1.33. The third kappa shape index (κ3) is 1.28. The maximum atomic E-state index is 6.02. The minimum Gasteiger partial charge on any atom is -0.0840 e. The lowest BCUT2D eigenvalue weighted by Gasteiger charge is -1.99. The first kappa shape index (κ1) is 7.17. The summed E-state index contributed by atoms with van der Waals surface area (Å²) in [6, 6.07) is 8.16. The second-order valence-corrected chi connectivity index (χ2v) is 3.75. The van der Waals surface area contributed by atoms with Crippen LogP contribution >= 0.6 is 11.6 Å². The van der Waals surface area contributed by atoms with Gasteiger partial charge in [-0.2, -0.15) is 0 Å². The van der Waals surface area contributed by atoms with Crippen LogP contribution in [0.15, 0.2) is 24.3 Å². The molecular formula is C10H11Cl. The van der Waals surface area contributed by atoms with Crippen molar-refractivity contribution in [2.45, 2.75) is 19.3 Å². The molecule has 0 aromatic heterocycles. The molecule has 0 aliphatic heterocycles. The number of halogens is 1. The maximum Gasteiger partial charge on any atom is 0.0440 e. The molecule has 1 aliphatic carbocycles. The van der Waals surface area contributed by atoms with E-state index in [1.165, 1.54) is 12.0 Å². The average molecular weight is 167 g/mol. The second-order valence-electron chi connectivity index (χ2n) is 3.34. The number of benzene rings is 1. The third-order valence-corrected chi connectivity index (χ3v) is 2.76. The minimum atomic E-state index is 0.740. The lowest BCUT2D eigenvalue weighted by Crippen LogP contribution is -1.81. The van der Waals surface area contributed by atoms with Gasteiger partial charge in [0.15, 0.2) is 0 Å². The monoisotopic (exact) mass is 166 g/mol. The maximum absolute atomic E-state index is 6.02. The molecule has 0 N–H and O–H groups in total. The van der Waals surface area contributed by atoms with Gasteiger partial charge < -0.3 is 0 Å². The molecule has 1 aromatic carbocycles. The van der Waals surface area contributed by atoms with Gasteiger partial charge in [-0.05, 0) is 29.9 Å². The summed E-state index contributed by atoms with van der Waals surface area (Å²) in [6.07, 6.45) is 1.31. The molecule has 2 atom stereocenters. The van der Waals surface area contributed by atoms with Crippen LogP contribution in [0.25, 0.3) is 0 Å². The number of rotatable bonds is 1. The second kappa shape index (κ2) is 2.53. The quantitative estimate of drug-likeness (QED) is 0.600. The van der Waals surface area contributed by atoms with Crippen molar-refractivity contribution in [3.63, 3.8) is 0 Å². The Morgan fingerprint density at radius 2 is 2.00 bits per heavy atom. The Kier molecular flexibility index (Phi) is 1.65. The Labute approximate surface area is 72.2 Å². The van der Waals surface area contributed by atoms with Crippen LogP contribution < -0.4 is 0 Å². The van der Waals surface area contributed by atoms with Gasteiger partial charge in [0, 0.05) is 5.02 Å². The van der Waals surface area contributed by atoms with Gasteiger partial charge in [-0.15, -0.1) is 0 Å². The molecule has 0 radical (unpaired) electrons. The van der Waals surface area contributed by atoms with Crippen LogP contribution in [0.5, 0.6) is 0 Å². The van der Waals surface area contributed by atoms with Gasteiger partial charge >= 0.3 is 0 Å². The molecule has 1 heteroatoms. The third-order valence-electron chi connectivity index (χ3n) is 2.41. The van der Waals surface area contributed by atoms with Gasteiger partial charge in [0.05, 0.1) is 0 Å². The molecule has 11 heavy (non-hydrogen) atoms. The standard InChI is InChI=1S/C10H11Cl/c1-7-6-9(7)8-4-2-3-5-10(8)11/h2-5,7,9H,6H2,1H3/t7?,9-/m1/s1. The Balaban J connectivity index is 2.31. The highest BCUT2D eigenvalue weighted by atomic mass is 35.5. The lowest BCUT2D eigenvalue weighted by atomic mass is 10.1. The first-order valence-electron chi connectivity index (χ1n) is 4.03. The van der Waals surface area contributed by atoms with Gasteiger partial charge in [0.1, 0.15) is 0 Å². The first-order valence-corrected chi connectivity index (χ1v) is 4.41. The van der Waals surface area contributed by atoms with E-state index in [0.29, 0.717) is 0 Å². The Bertz CT molecular complexity index is 267. The lowest BCUT2D eigenvalue weighted by molar-refractivity contribution is 0.915. The molecule has 58 valence electrons. The van der Waals surface area contributed by atoms with Crippen LogP contribution in [0.4, 0.5) is 0 Å².